The second-order valence-corrected chi connectivity index (χ2v) is 3.19. The van der Waals surface area contributed by atoms with Crippen LogP contribution in [-0.4, -0.2) is 30.7 Å². The van der Waals surface area contributed by atoms with Gasteiger partial charge in [-0.05, 0) is 18.6 Å². The Bertz CT molecular complexity index is 389. The minimum Gasteiger partial charge on any atom is -0.437 e. The van der Waals surface area contributed by atoms with Crippen LogP contribution in [0, 0.1) is 0 Å². The van der Waals surface area contributed by atoms with E-state index >= 15 is 0 Å². The Morgan fingerprint density at radius 2 is 2.18 bits per heavy atom. The minimum atomic E-state index is -0.824. The molecule has 1 amide bonds. The molecule has 0 fully saturated rings. The number of methoxy groups -OCH3 is 1. The van der Waals surface area contributed by atoms with Gasteiger partial charge in [-0.1, -0.05) is 6.92 Å². The quantitative estimate of drug-likeness (QED) is 0.801. The highest BCUT2D eigenvalue weighted by molar-refractivity contribution is 5.92. The molecule has 0 spiro atoms. The molecule has 0 saturated heterocycles. The average Bonchev–Trinajstić information content (AvgIpc) is 2.36. The largest absolute Gasteiger partial charge is 0.513 e. The highest BCUT2D eigenvalue weighted by atomic mass is 16.7. The number of hydrogen-bond donors (Lipinski definition) is 1. The second kappa shape index (κ2) is 6.47. The lowest BCUT2D eigenvalue weighted by atomic mass is 10.3. The molecule has 0 aliphatic carbocycles. The summed E-state index contributed by atoms with van der Waals surface area (Å²) >= 11 is 0. The van der Waals surface area contributed by atoms with Gasteiger partial charge in [-0.2, -0.15) is 0 Å². The maximum atomic E-state index is 11.5. The number of ether oxygens (including phenoxy) is 2. The van der Waals surface area contributed by atoms with Crippen LogP contribution >= 0.6 is 0 Å². The highest BCUT2D eigenvalue weighted by Crippen LogP contribution is 2.09. The summed E-state index contributed by atoms with van der Waals surface area (Å²) in [6, 6.07) is 2.95. The molecule has 92 valence electrons. The molecule has 0 aliphatic heterocycles. The van der Waals surface area contributed by atoms with E-state index in [4.69, 9.17) is 4.74 Å². The van der Waals surface area contributed by atoms with Gasteiger partial charge in [0.05, 0.1) is 13.3 Å². The number of aromatic nitrogens is 1. The number of rotatable bonds is 4. The highest BCUT2D eigenvalue weighted by Gasteiger charge is 2.08. The van der Waals surface area contributed by atoms with Crippen LogP contribution in [0.15, 0.2) is 18.3 Å². The van der Waals surface area contributed by atoms with Crippen LogP contribution in [0.4, 0.5) is 4.79 Å². The van der Waals surface area contributed by atoms with Crippen molar-refractivity contribution < 1.29 is 19.1 Å². The third-order valence-corrected chi connectivity index (χ3v) is 1.87. The maximum absolute atomic E-state index is 11.5. The van der Waals surface area contributed by atoms with Gasteiger partial charge in [-0.3, -0.25) is 4.79 Å². The van der Waals surface area contributed by atoms with Gasteiger partial charge in [0.1, 0.15) is 5.69 Å². The van der Waals surface area contributed by atoms with E-state index < -0.39 is 6.16 Å². The van der Waals surface area contributed by atoms with Gasteiger partial charge in [-0.25, -0.2) is 9.78 Å². The summed E-state index contributed by atoms with van der Waals surface area (Å²) in [5, 5.41) is 2.69. The Labute approximate surface area is 98.9 Å². The molecule has 6 heteroatoms. The van der Waals surface area contributed by atoms with Crippen molar-refractivity contribution in [3.63, 3.8) is 0 Å². The van der Waals surface area contributed by atoms with Crippen LogP contribution < -0.4 is 10.1 Å². The lowest BCUT2D eigenvalue weighted by Crippen LogP contribution is -2.24. The Kier molecular flexibility index (Phi) is 4.93. The smallest absolute Gasteiger partial charge is 0.437 e. The van der Waals surface area contributed by atoms with Crippen molar-refractivity contribution in [3.8, 4) is 5.75 Å². The van der Waals surface area contributed by atoms with E-state index in [1.807, 2.05) is 6.92 Å². The van der Waals surface area contributed by atoms with E-state index in [1.54, 1.807) is 0 Å². The van der Waals surface area contributed by atoms with Gasteiger partial charge in [0.25, 0.3) is 5.91 Å². The van der Waals surface area contributed by atoms with Crippen molar-refractivity contribution in [1.29, 1.82) is 0 Å². The number of carbonyl (C=O) groups is 2. The standard InChI is InChI=1S/C11H14N2O4/c1-3-6-12-10(14)9-5-4-8(7-13-9)17-11(15)16-2/h4-5,7H,3,6H2,1-2H3,(H,12,14). The van der Waals surface area contributed by atoms with Crippen molar-refractivity contribution >= 4 is 12.1 Å². The summed E-state index contributed by atoms with van der Waals surface area (Å²) < 4.78 is 9.04. The van der Waals surface area contributed by atoms with E-state index in [2.05, 4.69) is 15.0 Å². The van der Waals surface area contributed by atoms with Gasteiger partial charge in [0.2, 0.25) is 0 Å². The van der Waals surface area contributed by atoms with Gasteiger partial charge in [0, 0.05) is 6.54 Å². The zero-order valence-electron chi connectivity index (χ0n) is 9.73. The predicted molar refractivity (Wildman–Crippen MR) is 59.9 cm³/mol. The SMILES string of the molecule is CCCNC(=O)c1ccc(OC(=O)OC)cn1. The molecule has 1 rings (SSSR count). The zero-order chi connectivity index (χ0) is 12.7. The Hall–Kier alpha value is -2.11. The molecule has 0 aromatic carbocycles. The first-order valence-corrected chi connectivity index (χ1v) is 5.17. The van der Waals surface area contributed by atoms with E-state index in [-0.39, 0.29) is 17.4 Å². The average molecular weight is 238 g/mol. The fourth-order valence-corrected chi connectivity index (χ4v) is 1.04. The van der Waals surface area contributed by atoms with E-state index in [0.717, 1.165) is 6.42 Å². The van der Waals surface area contributed by atoms with Crippen LogP contribution in [0.1, 0.15) is 23.8 Å². The maximum Gasteiger partial charge on any atom is 0.513 e. The fraction of sp³-hybridized carbons (Fsp3) is 0.364. The van der Waals surface area contributed by atoms with Gasteiger partial charge >= 0.3 is 6.16 Å². The number of amides is 1. The zero-order valence-corrected chi connectivity index (χ0v) is 9.73. The molecule has 0 saturated carbocycles. The van der Waals surface area contributed by atoms with Crippen LogP contribution in [-0.2, 0) is 4.74 Å². The number of hydrogen-bond acceptors (Lipinski definition) is 5. The van der Waals surface area contributed by atoms with Gasteiger partial charge in [0.15, 0.2) is 5.75 Å². The third kappa shape index (κ3) is 4.10. The first-order chi connectivity index (χ1) is 8.17. The molecular weight excluding hydrogens is 224 g/mol. The van der Waals surface area contributed by atoms with Crippen molar-refractivity contribution in [2.75, 3.05) is 13.7 Å². The van der Waals surface area contributed by atoms with Crippen LogP contribution in [0.2, 0.25) is 0 Å². The topological polar surface area (TPSA) is 77.5 Å². The number of nitrogens with zero attached hydrogens (tertiary/aromatic N) is 1. The van der Waals surface area contributed by atoms with Crippen molar-refractivity contribution in [3.05, 3.63) is 24.0 Å². The molecule has 0 atom stereocenters. The predicted octanol–water partition coefficient (Wildman–Crippen LogP) is 1.37. The summed E-state index contributed by atoms with van der Waals surface area (Å²) in [7, 11) is 1.21. The molecule has 0 aliphatic rings. The summed E-state index contributed by atoms with van der Waals surface area (Å²) in [6.45, 7) is 2.56. The molecular formula is C11H14N2O4. The van der Waals surface area contributed by atoms with E-state index in [0.29, 0.717) is 6.54 Å². The third-order valence-electron chi connectivity index (χ3n) is 1.87. The monoisotopic (exact) mass is 238 g/mol. The normalized spacial score (nSPS) is 9.53. The second-order valence-electron chi connectivity index (χ2n) is 3.19. The van der Waals surface area contributed by atoms with Crippen LogP contribution in [0.3, 0.4) is 0 Å². The molecule has 0 radical (unpaired) electrons. The Balaban J connectivity index is 2.61. The first kappa shape index (κ1) is 13.0. The number of nitrogens with one attached hydrogen (secondary N) is 1. The van der Waals surface area contributed by atoms with Crippen molar-refractivity contribution in [2.45, 2.75) is 13.3 Å². The number of pyridine rings is 1. The van der Waals surface area contributed by atoms with Crippen molar-refractivity contribution in [2.24, 2.45) is 0 Å². The fourth-order valence-electron chi connectivity index (χ4n) is 1.04. The minimum absolute atomic E-state index is 0.226. The Morgan fingerprint density at radius 3 is 2.71 bits per heavy atom. The summed E-state index contributed by atoms with van der Waals surface area (Å²) in [5.41, 5.74) is 0.274. The van der Waals surface area contributed by atoms with Gasteiger partial charge < -0.3 is 14.8 Å². The summed E-state index contributed by atoms with van der Waals surface area (Å²) in [5.74, 6) is -0.0274. The molecule has 0 bridgehead atoms. The lowest BCUT2D eigenvalue weighted by molar-refractivity contribution is 0.0948. The van der Waals surface area contributed by atoms with Gasteiger partial charge in [-0.15, -0.1) is 0 Å². The van der Waals surface area contributed by atoms with E-state index in [9.17, 15) is 9.59 Å². The van der Waals surface area contributed by atoms with Crippen LogP contribution in [0.5, 0.6) is 5.75 Å². The lowest BCUT2D eigenvalue weighted by Gasteiger charge is -2.04. The molecule has 1 aromatic rings. The van der Waals surface area contributed by atoms with Crippen molar-refractivity contribution in [1.82, 2.24) is 10.3 Å². The summed E-state index contributed by atoms with van der Waals surface area (Å²) in [4.78, 5) is 26.2. The molecule has 17 heavy (non-hydrogen) atoms. The summed E-state index contributed by atoms with van der Waals surface area (Å²) in [6.07, 6.45) is 1.32. The molecule has 1 aromatic heterocycles. The molecule has 1 N–H and O–H groups in total. The molecule has 0 unspecified atom stereocenters. The first-order valence-electron chi connectivity index (χ1n) is 5.17. The Morgan fingerprint density at radius 1 is 1.41 bits per heavy atom. The molecule has 1 heterocycles. The van der Waals surface area contributed by atoms with E-state index in [1.165, 1.54) is 25.4 Å². The van der Waals surface area contributed by atoms with Crippen LogP contribution in [0.25, 0.3) is 0 Å². The molecule has 6 nitrogen and oxygen atoms in total. The number of carbonyl (C=O) groups excluding carboxylic acids is 2.